The number of nitrogens with zero attached hydrogens (tertiary/aromatic N) is 4. The highest BCUT2D eigenvalue weighted by Gasteiger charge is 2.32. The lowest BCUT2D eigenvalue weighted by Gasteiger charge is -2.33. The summed E-state index contributed by atoms with van der Waals surface area (Å²) in [5.41, 5.74) is 3.15. The molecule has 0 bridgehead atoms. The van der Waals surface area contributed by atoms with Crippen molar-refractivity contribution in [3.8, 4) is 0 Å². The predicted octanol–water partition coefficient (Wildman–Crippen LogP) is 1.91. The first-order valence-electron chi connectivity index (χ1n) is 8.97. The van der Waals surface area contributed by atoms with Gasteiger partial charge in [0.05, 0.1) is 24.9 Å². The van der Waals surface area contributed by atoms with Gasteiger partial charge in [-0.05, 0) is 30.9 Å². The monoisotopic (exact) mass is 340 g/mol. The second-order valence-electron chi connectivity index (χ2n) is 7.13. The average Bonchev–Trinajstić information content (AvgIpc) is 3.37. The Labute approximate surface area is 147 Å². The van der Waals surface area contributed by atoms with E-state index in [1.54, 1.807) is 6.20 Å². The average molecular weight is 340 g/mol. The van der Waals surface area contributed by atoms with E-state index in [1.807, 2.05) is 41.0 Å². The van der Waals surface area contributed by atoms with Gasteiger partial charge in [-0.1, -0.05) is 6.07 Å². The van der Waals surface area contributed by atoms with Crippen molar-refractivity contribution < 1.29 is 9.53 Å². The zero-order valence-electron chi connectivity index (χ0n) is 14.6. The zero-order chi connectivity index (χ0) is 17.2. The van der Waals surface area contributed by atoms with Gasteiger partial charge in [0.15, 0.2) is 0 Å². The fraction of sp³-hybridized carbons (Fsp3) is 0.526. The van der Waals surface area contributed by atoms with Crippen LogP contribution in [0.1, 0.15) is 35.7 Å². The van der Waals surface area contributed by atoms with Crippen LogP contribution in [0, 0.1) is 5.92 Å². The van der Waals surface area contributed by atoms with Gasteiger partial charge in [-0.3, -0.25) is 14.5 Å². The number of pyridine rings is 1. The van der Waals surface area contributed by atoms with Crippen LogP contribution in [0.15, 0.2) is 30.6 Å². The summed E-state index contributed by atoms with van der Waals surface area (Å²) in [5.74, 6) is 1.04. The van der Waals surface area contributed by atoms with Gasteiger partial charge in [0, 0.05) is 50.1 Å². The quantitative estimate of drug-likeness (QED) is 0.806. The van der Waals surface area contributed by atoms with Crippen LogP contribution >= 0.6 is 0 Å². The molecule has 1 amide bonds. The number of hydrogen-bond donors (Lipinski definition) is 0. The molecule has 2 aromatic rings. The van der Waals surface area contributed by atoms with Crippen molar-refractivity contribution in [3.05, 3.63) is 47.5 Å². The summed E-state index contributed by atoms with van der Waals surface area (Å²) in [5, 5.41) is 4.39. The van der Waals surface area contributed by atoms with Gasteiger partial charge in [0.1, 0.15) is 0 Å². The molecule has 25 heavy (non-hydrogen) atoms. The van der Waals surface area contributed by atoms with Gasteiger partial charge in [-0.25, -0.2) is 0 Å². The number of rotatable bonds is 6. The lowest BCUT2D eigenvalue weighted by atomic mass is 9.96. The number of hydrogen-bond acceptors (Lipinski definition) is 4. The van der Waals surface area contributed by atoms with Gasteiger partial charge >= 0.3 is 0 Å². The van der Waals surface area contributed by atoms with Crippen molar-refractivity contribution in [2.75, 3.05) is 19.8 Å². The van der Waals surface area contributed by atoms with Crippen LogP contribution in [-0.2, 0) is 29.5 Å². The molecule has 6 heteroatoms. The van der Waals surface area contributed by atoms with Crippen LogP contribution in [0.2, 0.25) is 0 Å². The fourth-order valence-corrected chi connectivity index (χ4v) is 3.52. The van der Waals surface area contributed by atoms with E-state index in [0.29, 0.717) is 26.1 Å². The van der Waals surface area contributed by atoms with Gasteiger partial charge in [0.2, 0.25) is 5.91 Å². The lowest BCUT2D eigenvalue weighted by molar-refractivity contribution is -0.132. The van der Waals surface area contributed by atoms with E-state index in [0.717, 1.165) is 23.8 Å². The highest BCUT2D eigenvalue weighted by atomic mass is 16.5. The molecule has 4 rings (SSSR count). The molecule has 2 aromatic heterocycles. The Hall–Kier alpha value is -2.21. The molecule has 0 spiro atoms. The number of carbonyl (C=O) groups is 1. The van der Waals surface area contributed by atoms with Gasteiger partial charge < -0.3 is 9.64 Å². The molecule has 1 unspecified atom stereocenters. The van der Waals surface area contributed by atoms with Gasteiger partial charge in [-0.15, -0.1) is 0 Å². The van der Waals surface area contributed by atoms with Crippen LogP contribution in [0.5, 0.6) is 0 Å². The molecule has 0 radical (unpaired) electrons. The van der Waals surface area contributed by atoms with Crippen molar-refractivity contribution in [2.24, 2.45) is 13.0 Å². The molecule has 1 aliphatic heterocycles. The van der Waals surface area contributed by atoms with E-state index in [1.165, 1.54) is 18.5 Å². The van der Waals surface area contributed by atoms with Crippen LogP contribution in [0.4, 0.5) is 0 Å². The van der Waals surface area contributed by atoms with E-state index in [9.17, 15) is 4.79 Å². The molecule has 6 nitrogen and oxygen atoms in total. The summed E-state index contributed by atoms with van der Waals surface area (Å²) in [6, 6.07) is 5.68. The number of aromatic nitrogens is 3. The fourth-order valence-electron chi connectivity index (χ4n) is 3.52. The van der Waals surface area contributed by atoms with Crippen LogP contribution in [0.25, 0.3) is 0 Å². The zero-order valence-corrected chi connectivity index (χ0v) is 14.6. The number of amides is 1. The maximum absolute atomic E-state index is 12.7. The smallest absolute Gasteiger partial charge is 0.228 e. The van der Waals surface area contributed by atoms with Crippen molar-refractivity contribution in [1.82, 2.24) is 19.7 Å². The number of ether oxygens (including phenoxy) is 1. The largest absolute Gasteiger partial charge is 0.380 e. The summed E-state index contributed by atoms with van der Waals surface area (Å²) in [4.78, 5) is 18.9. The predicted molar refractivity (Wildman–Crippen MR) is 92.9 cm³/mol. The Kier molecular flexibility index (Phi) is 4.53. The van der Waals surface area contributed by atoms with E-state index in [-0.39, 0.29) is 11.8 Å². The van der Waals surface area contributed by atoms with Crippen LogP contribution in [0.3, 0.4) is 0 Å². The molecule has 3 heterocycles. The Morgan fingerprint density at radius 3 is 2.96 bits per heavy atom. The third kappa shape index (κ3) is 3.74. The van der Waals surface area contributed by atoms with E-state index < -0.39 is 0 Å². The topological polar surface area (TPSA) is 60.2 Å². The molecular weight excluding hydrogens is 316 g/mol. The first-order valence-corrected chi connectivity index (χ1v) is 8.97. The molecule has 132 valence electrons. The summed E-state index contributed by atoms with van der Waals surface area (Å²) in [6.07, 6.45) is 6.52. The minimum Gasteiger partial charge on any atom is -0.380 e. The minimum absolute atomic E-state index is 0.111. The third-order valence-corrected chi connectivity index (χ3v) is 5.03. The highest BCUT2D eigenvalue weighted by molar-refractivity contribution is 5.78. The Morgan fingerprint density at radius 2 is 2.20 bits per heavy atom. The highest BCUT2D eigenvalue weighted by Crippen LogP contribution is 2.31. The van der Waals surface area contributed by atoms with Crippen LogP contribution < -0.4 is 0 Å². The molecule has 0 saturated heterocycles. The van der Waals surface area contributed by atoms with Gasteiger partial charge in [-0.2, -0.15) is 5.10 Å². The van der Waals surface area contributed by atoms with E-state index in [4.69, 9.17) is 4.74 Å². The maximum atomic E-state index is 12.7. The number of fused-ring (bicyclic) bond motifs is 1. The normalized spacial score (nSPS) is 19.7. The Bertz CT molecular complexity index is 739. The Morgan fingerprint density at radius 1 is 1.32 bits per heavy atom. The molecule has 1 atom stereocenters. The molecule has 0 aromatic carbocycles. The van der Waals surface area contributed by atoms with E-state index in [2.05, 4.69) is 10.1 Å². The number of carbonyl (C=O) groups excluding carboxylic acids is 1. The maximum Gasteiger partial charge on any atom is 0.228 e. The third-order valence-electron chi connectivity index (χ3n) is 5.03. The molecule has 1 aliphatic carbocycles. The lowest BCUT2D eigenvalue weighted by Crippen LogP contribution is -2.40. The van der Waals surface area contributed by atoms with Crippen molar-refractivity contribution in [1.29, 1.82) is 0 Å². The molecule has 1 fully saturated rings. The van der Waals surface area contributed by atoms with Gasteiger partial charge in [0.25, 0.3) is 0 Å². The molecular formula is C19H24N4O2. The second-order valence-corrected chi connectivity index (χ2v) is 7.13. The summed E-state index contributed by atoms with van der Waals surface area (Å²) >= 11 is 0. The SMILES string of the molecule is Cn1ncc2c1C(COCC1CC1)CN(C(=O)Cc1ccccn1)C2. The first-order chi connectivity index (χ1) is 12.2. The second kappa shape index (κ2) is 6.96. The van der Waals surface area contributed by atoms with Crippen LogP contribution in [-0.4, -0.2) is 45.3 Å². The molecule has 2 aliphatic rings. The first kappa shape index (κ1) is 16.3. The van der Waals surface area contributed by atoms with Crippen molar-refractivity contribution >= 4 is 5.91 Å². The summed E-state index contributed by atoms with van der Waals surface area (Å²) in [6.45, 7) is 2.79. The standard InChI is InChI=1S/C19H24N4O2/c1-22-19-15(9-21-22)10-23(11-16(19)13-25-12-14-5-6-14)18(24)8-17-4-2-3-7-20-17/h2-4,7,9,14,16H,5-6,8,10-13H2,1H3. The molecule has 1 saturated carbocycles. The minimum atomic E-state index is 0.111. The van der Waals surface area contributed by atoms with Crippen molar-refractivity contribution in [3.63, 3.8) is 0 Å². The van der Waals surface area contributed by atoms with E-state index >= 15 is 0 Å². The van der Waals surface area contributed by atoms with Crippen molar-refractivity contribution in [2.45, 2.75) is 31.7 Å². The summed E-state index contributed by atoms with van der Waals surface area (Å²) in [7, 11) is 1.97. The summed E-state index contributed by atoms with van der Waals surface area (Å²) < 4.78 is 7.86. The Balaban J connectivity index is 1.45. The molecule has 0 N–H and O–H groups in total. The number of aryl methyl sites for hydroxylation is 1.